The van der Waals surface area contributed by atoms with E-state index in [0.717, 1.165) is 0 Å². The van der Waals surface area contributed by atoms with Crippen LogP contribution < -0.4 is 0 Å². The quantitative estimate of drug-likeness (QED) is 0.495. The first-order valence-electron chi connectivity index (χ1n) is 4.57. The summed E-state index contributed by atoms with van der Waals surface area (Å²) in [7, 11) is 1.25. The summed E-state index contributed by atoms with van der Waals surface area (Å²) < 4.78 is 4.56. The average molecular weight is 200 g/mol. The molecule has 0 aromatic heterocycles. The Hall–Kier alpha value is -0.900. The summed E-state index contributed by atoms with van der Waals surface area (Å²) in [4.78, 5) is 22.9. The largest absolute Gasteiger partial charge is 0.468 e. The molecular weight excluding hydrogens is 184 g/mol. The van der Waals surface area contributed by atoms with Crippen molar-refractivity contribution >= 4 is 11.8 Å². The Labute approximate surface area is 83.2 Å². The fourth-order valence-electron chi connectivity index (χ4n) is 1.93. The summed E-state index contributed by atoms with van der Waals surface area (Å²) in [6.45, 7) is 4.99. The van der Waals surface area contributed by atoms with E-state index >= 15 is 0 Å². The summed E-state index contributed by atoms with van der Waals surface area (Å²) in [6, 6.07) is 0. The molecule has 1 aliphatic rings. The molecule has 0 heterocycles. The summed E-state index contributed by atoms with van der Waals surface area (Å²) in [5.41, 5.74) is -1.90. The summed E-state index contributed by atoms with van der Waals surface area (Å²) in [5.74, 6) is -1.65. The SMILES string of the molecule is COC(=O)C1C(=O)CC(C)(O)C1(C)C. The van der Waals surface area contributed by atoms with E-state index in [1.165, 1.54) is 7.11 Å². The standard InChI is InChI=1S/C10H16O4/c1-9(2)7(8(12)14-4)6(11)5-10(9,3)13/h7,13H,5H2,1-4H3. The van der Waals surface area contributed by atoms with Gasteiger partial charge in [-0.2, -0.15) is 0 Å². The smallest absolute Gasteiger partial charge is 0.316 e. The predicted molar refractivity (Wildman–Crippen MR) is 49.5 cm³/mol. The monoisotopic (exact) mass is 200 g/mol. The maximum atomic E-state index is 11.5. The van der Waals surface area contributed by atoms with Crippen LogP contribution in [0.2, 0.25) is 0 Å². The van der Waals surface area contributed by atoms with Crippen molar-refractivity contribution in [3.8, 4) is 0 Å². The highest BCUT2D eigenvalue weighted by molar-refractivity contribution is 6.02. The summed E-state index contributed by atoms with van der Waals surface area (Å²) in [5, 5.41) is 9.98. The molecule has 0 spiro atoms. The molecule has 0 aromatic rings. The van der Waals surface area contributed by atoms with Gasteiger partial charge in [0, 0.05) is 11.8 Å². The molecule has 1 N–H and O–H groups in total. The molecule has 2 atom stereocenters. The predicted octanol–water partition coefficient (Wildman–Crippen LogP) is 0.526. The van der Waals surface area contributed by atoms with Gasteiger partial charge in [-0.15, -0.1) is 0 Å². The van der Waals surface area contributed by atoms with E-state index in [2.05, 4.69) is 4.74 Å². The van der Waals surface area contributed by atoms with Gasteiger partial charge in [0.15, 0.2) is 5.78 Å². The lowest BCUT2D eigenvalue weighted by Gasteiger charge is -2.35. The number of carbonyl (C=O) groups is 2. The van der Waals surface area contributed by atoms with Crippen LogP contribution in [0.3, 0.4) is 0 Å². The number of methoxy groups -OCH3 is 1. The first-order valence-corrected chi connectivity index (χ1v) is 4.57. The van der Waals surface area contributed by atoms with Crippen LogP contribution in [0.5, 0.6) is 0 Å². The second-order valence-electron chi connectivity index (χ2n) is 4.59. The van der Waals surface area contributed by atoms with Crippen molar-refractivity contribution in [3.63, 3.8) is 0 Å². The van der Waals surface area contributed by atoms with Crippen LogP contribution in [0.15, 0.2) is 0 Å². The lowest BCUT2D eigenvalue weighted by Crippen LogP contribution is -2.43. The molecule has 0 aliphatic heterocycles. The summed E-state index contributed by atoms with van der Waals surface area (Å²) in [6.07, 6.45) is 0.0137. The molecule has 0 bridgehead atoms. The van der Waals surface area contributed by atoms with E-state index in [-0.39, 0.29) is 12.2 Å². The minimum atomic E-state index is -1.14. The maximum Gasteiger partial charge on any atom is 0.316 e. The molecule has 1 fully saturated rings. The Kier molecular flexibility index (Phi) is 2.44. The molecule has 1 aliphatic carbocycles. The molecule has 0 radical (unpaired) electrons. The van der Waals surface area contributed by atoms with Crippen LogP contribution >= 0.6 is 0 Å². The second kappa shape index (κ2) is 3.05. The van der Waals surface area contributed by atoms with Gasteiger partial charge in [-0.05, 0) is 6.92 Å². The average Bonchev–Trinajstić information content (AvgIpc) is 2.16. The lowest BCUT2D eigenvalue weighted by atomic mass is 9.73. The highest BCUT2D eigenvalue weighted by Crippen LogP contribution is 2.48. The van der Waals surface area contributed by atoms with Crippen molar-refractivity contribution in [2.45, 2.75) is 32.8 Å². The number of hydrogen-bond acceptors (Lipinski definition) is 4. The van der Waals surface area contributed by atoms with Crippen molar-refractivity contribution in [2.24, 2.45) is 11.3 Å². The maximum absolute atomic E-state index is 11.5. The Morgan fingerprint density at radius 3 is 2.29 bits per heavy atom. The third kappa shape index (κ3) is 1.34. The van der Waals surface area contributed by atoms with E-state index in [1.54, 1.807) is 20.8 Å². The molecule has 2 unspecified atom stereocenters. The van der Waals surface area contributed by atoms with E-state index in [4.69, 9.17) is 0 Å². The van der Waals surface area contributed by atoms with Gasteiger partial charge < -0.3 is 9.84 Å². The Bertz CT molecular complexity index is 278. The van der Waals surface area contributed by atoms with Crippen molar-refractivity contribution < 1.29 is 19.4 Å². The zero-order valence-electron chi connectivity index (χ0n) is 8.96. The van der Waals surface area contributed by atoms with Gasteiger partial charge in [0.1, 0.15) is 5.92 Å². The lowest BCUT2D eigenvalue weighted by molar-refractivity contribution is -0.154. The fourth-order valence-corrected chi connectivity index (χ4v) is 1.93. The number of Topliss-reactive ketones (excluding diaryl/α,β-unsaturated/α-hetero) is 1. The van der Waals surface area contributed by atoms with Crippen molar-refractivity contribution in [3.05, 3.63) is 0 Å². The van der Waals surface area contributed by atoms with E-state index in [0.29, 0.717) is 0 Å². The number of ketones is 1. The minimum Gasteiger partial charge on any atom is -0.468 e. The first-order chi connectivity index (χ1) is 6.24. The number of ether oxygens (including phenoxy) is 1. The van der Waals surface area contributed by atoms with Gasteiger partial charge in [0.2, 0.25) is 0 Å². The molecule has 80 valence electrons. The summed E-state index contributed by atoms with van der Waals surface area (Å²) >= 11 is 0. The Morgan fingerprint density at radius 1 is 1.50 bits per heavy atom. The molecule has 14 heavy (non-hydrogen) atoms. The normalized spacial score (nSPS) is 35.8. The zero-order valence-corrected chi connectivity index (χ0v) is 8.96. The van der Waals surface area contributed by atoms with Gasteiger partial charge in [0.05, 0.1) is 12.7 Å². The Morgan fingerprint density at radius 2 is 2.00 bits per heavy atom. The van der Waals surface area contributed by atoms with E-state index < -0.39 is 22.9 Å². The van der Waals surface area contributed by atoms with Crippen LogP contribution in [-0.2, 0) is 14.3 Å². The van der Waals surface area contributed by atoms with Crippen LogP contribution in [-0.4, -0.2) is 29.6 Å². The fraction of sp³-hybridized carbons (Fsp3) is 0.800. The highest BCUT2D eigenvalue weighted by Gasteiger charge is 2.58. The van der Waals surface area contributed by atoms with Gasteiger partial charge in [0.25, 0.3) is 0 Å². The van der Waals surface area contributed by atoms with E-state index in [1.807, 2.05) is 0 Å². The van der Waals surface area contributed by atoms with Crippen LogP contribution in [0.4, 0.5) is 0 Å². The topological polar surface area (TPSA) is 63.6 Å². The number of carbonyl (C=O) groups excluding carboxylic acids is 2. The molecule has 1 rings (SSSR count). The molecule has 0 saturated heterocycles. The van der Waals surface area contributed by atoms with Gasteiger partial charge >= 0.3 is 5.97 Å². The number of rotatable bonds is 1. The van der Waals surface area contributed by atoms with Crippen molar-refractivity contribution in [2.75, 3.05) is 7.11 Å². The molecule has 4 nitrogen and oxygen atoms in total. The Balaban J connectivity index is 3.08. The third-order valence-corrected chi connectivity index (χ3v) is 3.39. The van der Waals surface area contributed by atoms with Gasteiger partial charge in [-0.1, -0.05) is 13.8 Å². The number of esters is 1. The molecule has 0 aromatic carbocycles. The van der Waals surface area contributed by atoms with E-state index in [9.17, 15) is 14.7 Å². The molecule has 0 amide bonds. The zero-order chi connectivity index (χ0) is 11.1. The molecular formula is C10H16O4. The molecule has 4 heteroatoms. The van der Waals surface area contributed by atoms with Gasteiger partial charge in [-0.3, -0.25) is 9.59 Å². The molecule has 1 saturated carbocycles. The third-order valence-electron chi connectivity index (χ3n) is 3.39. The first kappa shape index (κ1) is 11.2. The highest BCUT2D eigenvalue weighted by atomic mass is 16.5. The van der Waals surface area contributed by atoms with Crippen molar-refractivity contribution in [1.82, 2.24) is 0 Å². The van der Waals surface area contributed by atoms with Crippen LogP contribution in [0.25, 0.3) is 0 Å². The number of aliphatic hydroxyl groups is 1. The number of hydrogen-bond donors (Lipinski definition) is 1. The van der Waals surface area contributed by atoms with Crippen molar-refractivity contribution in [1.29, 1.82) is 0 Å². The van der Waals surface area contributed by atoms with Crippen LogP contribution in [0, 0.1) is 11.3 Å². The second-order valence-corrected chi connectivity index (χ2v) is 4.59. The van der Waals surface area contributed by atoms with Gasteiger partial charge in [-0.25, -0.2) is 0 Å². The minimum absolute atomic E-state index is 0.0137. The van der Waals surface area contributed by atoms with Crippen LogP contribution in [0.1, 0.15) is 27.2 Å².